The lowest BCUT2D eigenvalue weighted by Gasteiger charge is -2.26. The molecule has 3 aromatic rings. The predicted molar refractivity (Wildman–Crippen MR) is 145 cm³/mol. The molecular formula is C28H29BrN2O7. The minimum Gasteiger partial charge on any atom is -0.493 e. The van der Waals surface area contributed by atoms with Crippen LogP contribution < -0.4 is 19.8 Å². The van der Waals surface area contributed by atoms with Crippen molar-refractivity contribution >= 4 is 32.5 Å². The second-order valence-electron chi connectivity index (χ2n) is 9.62. The summed E-state index contributed by atoms with van der Waals surface area (Å²) >= 11 is 3.40. The number of ketones is 1. The molecule has 1 fully saturated rings. The molecule has 1 aromatic heterocycles. The van der Waals surface area contributed by atoms with Gasteiger partial charge in [0, 0.05) is 59.0 Å². The van der Waals surface area contributed by atoms with E-state index >= 15 is 0 Å². The van der Waals surface area contributed by atoms with Gasteiger partial charge in [0.15, 0.2) is 17.3 Å². The van der Waals surface area contributed by atoms with Crippen molar-refractivity contribution in [1.29, 1.82) is 0 Å². The van der Waals surface area contributed by atoms with Gasteiger partial charge in [0.25, 0.3) is 5.56 Å². The maximum atomic E-state index is 14.0. The van der Waals surface area contributed by atoms with Crippen LogP contribution in [0.5, 0.6) is 17.2 Å². The van der Waals surface area contributed by atoms with Crippen molar-refractivity contribution < 1.29 is 28.8 Å². The fraction of sp³-hybridized carbons (Fsp3) is 0.429. The number of aromatic nitrogens is 1. The van der Waals surface area contributed by atoms with E-state index in [1.807, 2.05) is 0 Å². The van der Waals surface area contributed by atoms with Gasteiger partial charge in [0.2, 0.25) is 6.79 Å². The quantitative estimate of drug-likeness (QED) is 0.236. The first-order valence-electron chi connectivity index (χ1n) is 12.9. The van der Waals surface area contributed by atoms with Crippen LogP contribution in [0.4, 0.5) is 0 Å². The number of carbonyl (C=O) groups is 1. The summed E-state index contributed by atoms with van der Waals surface area (Å²) in [5.74, 6) is 1.40. The van der Waals surface area contributed by atoms with Gasteiger partial charge in [-0.15, -0.1) is 0 Å². The minimum absolute atomic E-state index is 0.0996. The summed E-state index contributed by atoms with van der Waals surface area (Å²) in [4.78, 5) is 30.2. The number of alkyl halides is 1. The maximum Gasteiger partial charge on any atom is 0.258 e. The van der Waals surface area contributed by atoms with Crippen LogP contribution in [0, 0.1) is 0 Å². The lowest BCUT2D eigenvalue weighted by Crippen LogP contribution is -2.37. The summed E-state index contributed by atoms with van der Waals surface area (Å²) in [5.41, 5.74) is 2.57. The van der Waals surface area contributed by atoms with E-state index in [4.69, 9.17) is 18.9 Å². The van der Waals surface area contributed by atoms with E-state index in [2.05, 4.69) is 20.8 Å². The Kier molecular flexibility index (Phi) is 7.13. The first kappa shape index (κ1) is 25.4. The van der Waals surface area contributed by atoms with Crippen LogP contribution in [-0.4, -0.2) is 71.9 Å². The van der Waals surface area contributed by atoms with Crippen LogP contribution >= 0.6 is 15.9 Å². The molecule has 1 N–H and O–H groups in total. The normalized spacial score (nSPS) is 16.2. The lowest BCUT2D eigenvalue weighted by molar-refractivity contribution is 0.0369. The molecule has 0 saturated carbocycles. The van der Waals surface area contributed by atoms with E-state index in [0.29, 0.717) is 82.3 Å². The molecule has 0 atom stereocenters. The number of hydrogen-bond donors (Lipinski definition) is 1. The number of benzene rings is 2. The van der Waals surface area contributed by atoms with Crippen LogP contribution in [0.2, 0.25) is 0 Å². The van der Waals surface area contributed by atoms with Gasteiger partial charge >= 0.3 is 0 Å². The standard InChI is InChI=1S/C28H29BrN2O7/c29-3-1-8-36-22-12-18-21(11-17(22)15-32)28(34)31(5-2-4-30-6-9-35-10-7-30)26-19-13-23-24(38-16-37-23)14-20(19)27(33)25(18)26/h11-14,32H,1-10,15-16H2. The first-order chi connectivity index (χ1) is 18.6. The molecule has 200 valence electrons. The Hall–Kier alpha value is -2.92. The number of rotatable bonds is 9. The molecule has 1 saturated heterocycles. The molecule has 0 amide bonds. The Labute approximate surface area is 228 Å². The molecule has 0 spiro atoms. The molecular weight excluding hydrogens is 556 g/mol. The van der Waals surface area contributed by atoms with Gasteiger partial charge in [0.05, 0.1) is 37.7 Å². The SMILES string of the molecule is O=C1c2cc3c(cc2-c2c1c1cc(OCCCBr)c(CO)cc1c(=O)n2CCCN1CCOCC1)OCO3. The molecule has 0 bridgehead atoms. The zero-order valence-corrected chi connectivity index (χ0v) is 22.5. The van der Waals surface area contributed by atoms with Crippen LogP contribution in [0.3, 0.4) is 0 Å². The summed E-state index contributed by atoms with van der Waals surface area (Å²) in [6.45, 7) is 4.71. The fourth-order valence-electron chi connectivity index (χ4n) is 5.47. The van der Waals surface area contributed by atoms with Crippen molar-refractivity contribution in [1.82, 2.24) is 9.47 Å². The molecule has 38 heavy (non-hydrogen) atoms. The highest BCUT2D eigenvalue weighted by molar-refractivity contribution is 9.09. The Morgan fingerprint density at radius 3 is 2.45 bits per heavy atom. The van der Waals surface area contributed by atoms with E-state index in [1.165, 1.54) is 0 Å². The number of pyridine rings is 1. The monoisotopic (exact) mass is 584 g/mol. The number of morpholine rings is 1. The zero-order valence-electron chi connectivity index (χ0n) is 21.0. The molecule has 3 heterocycles. The average molecular weight is 585 g/mol. The topological polar surface area (TPSA) is 99.5 Å². The van der Waals surface area contributed by atoms with Gasteiger partial charge < -0.3 is 28.6 Å². The van der Waals surface area contributed by atoms with Crippen molar-refractivity contribution in [3.05, 3.63) is 51.3 Å². The third-order valence-electron chi connectivity index (χ3n) is 7.36. The van der Waals surface area contributed by atoms with E-state index in [1.54, 1.807) is 28.8 Å². The maximum absolute atomic E-state index is 14.0. The van der Waals surface area contributed by atoms with Crippen molar-refractivity contribution in [3.8, 4) is 28.5 Å². The van der Waals surface area contributed by atoms with Gasteiger partial charge in [-0.1, -0.05) is 15.9 Å². The number of carbonyl (C=O) groups excluding carboxylic acids is 1. The van der Waals surface area contributed by atoms with Crippen molar-refractivity contribution in [2.75, 3.05) is 51.6 Å². The van der Waals surface area contributed by atoms with Crippen LogP contribution in [-0.2, 0) is 17.9 Å². The van der Waals surface area contributed by atoms with E-state index in [9.17, 15) is 14.7 Å². The van der Waals surface area contributed by atoms with Gasteiger partial charge in [-0.2, -0.15) is 0 Å². The summed E-state index contributed by atoms with van der Waals surface area (Å²) in [6, 6.07) is 6.92. The average Bonchev–Trinajstić information content (AvgIpc) is 3.51. The van der Waals surface area contributed by atoms with E-state index in [-0.39, 0.29) is 24.7 Å². The molecule has 3 aliphatic rings. The highest BCUT2D eigenvalue weighted by Gasteiger charge is 2.35. The fourth-order valence-corrected chi connectivity index (χ4v) is 5.70. The van der Waals surface area contributed by atoms with Crippen molar-refractivity contribution in [2.45, 2.75) is 26.0 Å². The molecule has 9 nitrogen and oxygen atoms in total. The van der Waals surface area contributed by atoms with Crippen LogP contribution in [0.15, 0.2) is 29.1 Å². The van der Waals surface area contributed by atoms with Crippen LogP contribution in [0.25, 0.3) is 22.0 Å². The highest BCUT2D eigenvalue weighted by atomic mass is 79.9. The largest absolute Gasteiger partial charge is 0.493 e. The second-order valence-corrected chi connectivity index (χ2v) is 10.4. The number of hydrogen-bond acceptors (Lipinski definition) is 8. The summed E-state index contributed by atoms with van der Waals surface area (Å²) in [7, 11) is 0. The van der Waals surface area contributed by atoms with Crippen LogP contribution in [0.1, 0.15) is 34.3 Å². The summed E-state index contributed by atoms with van der Waals surface area (Å²) in [6.07, 6.45) is 1.52. The molecule has 2 aromatic carbocycles. The smallest absolute Gasteiger partial charge is 0.258 e. The van der Waals surface area contributed by atoms with Crippen molar-refractivity contribution in [3.63, 3.8) is 0 Å². The molecule has 2 aliphatic heterocycles. The van der Waals surface area contributed by atoms with Gasteiger partial charge in [0.1, 0.15) is 5.75 Å². The zero-order chi connectivity index (χ0) is 26.2. The molecule has 6 rings (SSSR count). The Morgan fingerprint density at radius 2 is 1.71 bits per heavy atom. The third-order valence-corrected chi connectivity index (χ3v) is 7.92. The summed E-state index contributed by atoms with van der Waals surface area (Å²) < 4.78 is 24.3. The van der Waals surface area contributed by atoms with E-state index < -0.39 is 0 Å². The molecule has 0 unspecified atom stereocenters. The summed E-state index contributed by atoms with van der Waals surface area (Å²) in [5, 5.41) is 11.8. The molecule has 1 aliphatic carbocycles. The lowest BCUT2D eigenvalue weighted by atomic mass is 10.00. The number of fused-ring (bicyclic) bond motifs is 6. The number of ether oxygens (including phenoxy) is 4. The van der Waals surface area contributed by atoms with E-state index in [0.717, 1.165) is 37.8 Å². The molecule has 10 heteroatoms. The second kappa shape index (κ2) is 10.7. The number of aliphatic hydroxyl groups excluding tert-OH is 1. The Morgan fingerprint density at radius 1 is 0.947 bits per heavy atom. The van der Waals surface area contributed by atoms with Gasteiger partial charge in [-0.05, 0) is 37.1 Å². The minimum atomic E-state index is -0.275. The number of nitrogens with zero attached hydrogens (tertiary/aromatic N) is 2. The van der Waals surface area contributed by atoms with Gasteiger partial charge in [-0.25, -0.2) is 0 Å². The number of aliphatic hydroxyl groups is 1. The Bertz CT molecular complexity index is 1460. The molecule has 0 radical (unpaired) electrons. The highest BCUT2D eigenvalue weighted by Crippen LogP contribution is 2.46. The third kappa shape index (κ3) is 4.39. The Balaban J connectivity index is 1.49. The number of halogens is 1. The predicted octanol–water partition coefficient (Wildman–Crippen LogP) is 3.32. The first-order valence-corrected chi connectivity index (χ1v) is 14.0. The van der Waals surface area contributed by atoms with Crippen molar-refractivity contribution in [2.24, 2.45) is 0 Å². The van der Waals surface area contributed by atoms with Gasteiger partial charge in [-0.3, -0.25) is 14.5 Å².